The zero-order valence-electron chi connectivity index (χ0n) is 10.8. The van der Waals surface area contributed by atoms with Crippen molar-refractivity contribution in [1.82, 2.24) is 4.57 Å². The van der Waals surface area contributed by atoms with E-state index in [0.29, 0.717) is 36.8 Å². The van der Waals surface area contributed by atoms with Gasteiger partial charge in [0.15, 0.2) is 0 Å². The molecule has 2 rings (SSSR count). The molecule has 0 fully saturated rings. The lowest BCUT2D eigenvalue weighted by Gasteiger charge is -2.10. The molecule has 0 aliphatic heterocycles. The first-order valence-electron chi connectivity index (χ1n) is 6.37. The molecule has 1 aromatic carbocycles. The van der Waals surface area contributed by atoms with E-state index in [2.05, 4.69) is 0 Å². The molecule has 1 aromatic heterocycles. The van der Waals surface area contributed by atoms with E-state index in [9.17, 15) is 13.2 Å². The van der Waals surface area contributed by atoms with Crippen LogP contribution in [0.4, 0.5) is 13.2 Å². The van der Waals surface area contributed by atoms with E-state index in [1.807, 2.05) is 17.7 Å². The number of aryl methyl sites for hydroxylation is 2. The van der Waals surface area contributed by atoms with Crippen molar-refractivity contribution in [2.24, 2.45) is 5.73 Å². The summed E-state index contributed by atoms with van der Waals surface area (Å²) in [6.07, 6.45) is -1.24. The van der Waals surface area contributed by atoms with Crippen LogP contribution in [0.2, 0.25) is 0 Å². The average molecular weight is 270 g/mol. The van der Waals surface area contributed by atoms with Crippen molar-refractivity contribution in [2.75, 3.05) is 6.54 Å². The molecule has 2 nitrogen and oxygen atoms in total. The van der Waals surface area contributed by atoms with Crippen molar-refractivity contribution >= 4 is 10.9 Å². The van der Waals surface area contributed by atoms with Crippen molar-refractivity contribution in [3.63, 3.8) is 0 Å². The van der Waals surface area contributed by atoms with Gasteiger partial charge in [0.25, 0.3) is 0 Å². The second-order valence-corrected chi connectivity index (χ2v) is 4.53. The number of benzene rings is 1. The molecule has 0 unspecified atom stereocenters. The molecule has 1 heterocycles. The summed E-state index contributed by atoms with van der Waals surface area (Å²) >= 11 is 0. The molecule has 0 aliphatic rings. The van der Waals surface area contributed by atoms with Crippen molar-refractivity contribution in [1.29, 1.82) is 0 Å². The maximum Gasteiger partial charge on any atom is 0.417 e. The molecule has 0 atom stereocenters. The number of rotatable bonds is 4. The number of halogens is 3. The van der Waals surface area contributed by atoms with Gasteiger partial charge < -0.3 is 10.3 Å². The average Bonchev–Trinajstić information content (AvgIpc) is 2.73. The number of nitrogens with two attached hydrogens (primary N) is 1. The number of hydrogen-bond donors (Lipinski definition) is 1. The lowest BCUT2D eigenvalue weighted by molar-refractivity contribution is -0.136. The minimum atomic E-state index is -4.32. The summed E-state index contributed by atoms with van der Waals surface area (Å²) < 4.78 is 41.2. The van der Waals surface area contributed by atoms with E-state index < -0.39 is 11.7 Å². The SMILES string of the molecule is CCn1cc(CCCN)c2c(C(F)(F)F)cccc21. The molecule has 19 heavy (non-hydrogen) atoms. The fourth-order valence-corrected chi connectivity index (χ4v) is 2.42. The molecule has 5 heteroatoms. The lowest BCUT2D eigenvalue weighted by Crippen LogP contribution is -2.06. The van der Waals surface area contributed by atoms with Gasteiger partial charge in [0.05, 0.1) is 5.56 Å². The third-order valence-corrected chi connectivity index (χ3v) is 3.28. The molecule has 0 aliphatic carbocycles. The van der Waals surface area contributed by atoms with Crippen LogP contribution < -0.4 is 5.73 Å². The molecule has 0 saturated heterocycles. The highest BCUT2D eigenvalue weighted by molar-refractivity contribution is 5.88. The van der Waals surface area contributed by atoms with Crippen LogP contribution in [-0.4, -0.2) is 11.1 Å². The number of alkyl halides is 3. The van der Waals surface area contributed by atoms with Crippen LogP contribution in [-0.2, 0) is 19.1 Å². The van der Waals surface area contributed by atoms with Crippen LogP contribution in [0.3, 0.4) is 0 Å². The molecule has 0 radical (unpaired) electrons. The molecule has 0 bridgehead atoms. The number of fused-ring (bicyclic) bond motifs is 1. The zero-order valence-corrected chi connectivity index (χ0v) is 10.8. The second-order valence-electron chi connectivity index (χ2n) is 4.53. The van der Waals surface area contributed by atoms with Gasteiger partial charge in [-0.15, -0.1) is 0 Å². The van der Waals surface area contributed by atoms with Gasteiger partial charge in [-0.3, -0.25) is 0 Å². The van der Waals surface area contributed by atoms with Gasteiger partial charge in [-0.1, -0.05) is 6.07 Å². The zero-order chi connectivity index (χ0) is 14.0. The highest BCUT2D eigenvalue weighted by Gasteiger charge is 2.33. The summed E-state index contributed by atoms with van der Waals surface area (Å²) in [7, 11) is 0. The fraction of sp³-hybridized carbons (Fsp3) is 0.429. The van der Waals surface area contributed by atoms with E-state index in [1.54, 1.807) is 6.07 Å². The van der Waals surface area contributed by atoms with Crippen molar-refractivity contribution in [2.45, 2.75) is 32.5 Å². The van der Waals surface area contributed by atoms with E-state index in [4.69, 9.17) is 5.73 Å². The summed E-state index contributed by atoms with van der Waals surface area (Å²) in [5.74, 6) is 0. The smallest absolute Gasteiger partial charge is 0.347 e. The molecule has 2 aromatic rings. The van der Waals surface area contributed by atoms with Gasteiger partial charge in [0.2, 0.25) is 0 Å². The van der Waals surface area contributed by atoms with Crippen LogP contribution in [0.5, 0.6) is 0 Å². The van der Waals surface area contributed by atoms with Gasteiger partial charge in [-0.2, -0.15) is 13.2 Å². The molecular formula is C14H17F3N2. The van der Waals surface area contributed by atoms with E-state index in [1.165, 1.54) is 6.07 Å². The Balaban J connectivity index is 2.67. The quantitative estimate of drug-likeness (QED) is 0.904. The summed E-state index contributed by atoms with van der Waals surface area (Å²) in [6.45, 7) is 3.06. The summed E-state index contributed by atoms with van der Waals surface area (Å²) in [5.41, 5.74) is 6.28. The minimum Gasteiger partial charge on any atom is -0.347 e. The van der Waals surface area contributed by atoms with Crippen molar-refractivity contribution < 1.29 is 13.2 Å². The number of aromatic nitrogens is 1. The monoisotopic (exact) mass is 270 g/mol. The Morgan fingerprint density at radius 3 is 2.58 bits per heavy atom. The first-order chi connectivity index (χ1) is 8.99. The normalized spacial score (nSPS) is 12.3. The molecule has 2 N–H and O–H groups in total. The number of nitrogens with zero attached hydrogens (tertiary/aromatic N) is 1. The van der Waals surface area contributed by atoms with E-state index in [-0.39, 0.29) is 0 Å². The highest BCUT2D eigenvalue weighted by atomic mass is 19.4. The summed E-state index contributed by atoms with van der Waals surface area (Å²) in [4.78, 5) is 0. The predicted octanol–water partition coefficient (Wildman–Crippen LogP) is 3.57. The van der Waals surface area contributed by atoms with Gasteiger partial charge in [0.1, 0.15) is 0 Å². The Labute approximate surface area is 110 Å². The Morgan fingerprint density at radius 2 is 2.00 bits per heavy atom. The highest BCUT2D eigenvalue weighted by Crippen LogP contribution is 2.37. The van der Waals surface area contributed by atoms with Crippen LogP contribution in [0, 0.1) is 0 Å². The molecule has 0 amide bonds. The molecular weight excluding hydrogens is 253 g/mol. The largest absolute Gasteiger partial charge is 0.417 e. The maximum atomic E-state index is 13.1. The molecule has 0 spiro atoms. The first kappa shape index (κ1) is 13.9. The first-order valence-corrected chi connectivity index (χ1v) is 6.37. The lowest BCUT2D eigenvalue weighted by atomic mass is 10.0. The third-order valence-electron chi connectivity index (χ3n) is 3.28. The standard InChI is InChI=1S/C14H17F3N2/c1-2-19-9-10(5-4-8-18)13-11(14(15,16)17)6-3-7-12(13)19/h3,6-7,9H,2,4-5,8,18H2,1H3. The van der Waals surface area contributed by atoms with Gasteiger partial charge >= 0.3 is 6.18 Å². The van der Waals surface area contributed by atoms with Crippen LogP contribution in [0.1, 0.15) is 24.5 Å². The summed E-state index contributed by atoms with van der Waals surface area (Å²) in [6, 6.07) is 4.35. The Kier molecular flexibility index (Phi) is 3.85. The summed E-state index contributed by atoms with van der Waals surface area (Å²) in [5, 5.41) is 0.324. The Hall–Kier alpha value is -1.49. The van der Waals surface area contributed by atoms with Crippen LogP contribution in [0.15, 0.2) is 24.4 Å². The van der Waals surface area contributed by atoms with Crippen molar-refractivity contribution in [3.8, 4) is 0 Å². The Morgan fingerprint density at radius 1 is 1.26 bits per heavy atom. The van der Waals surface area contributed by atoms with Gasteiger partial charge in [0, 0.05) is 23.6 Å². The Bertz CT molecular complexity index is 570. The van der Waals surface area contributed by atoms with E-state index >= 15 is 0 Å². The fourth-order valence-electron chi connectivity index (χ4n) is 2.42. The maximum absolute atomic E-state index is 13.1. The predicted molar refractivity (Wildman–Crippen MR) is 70.0 cm³/mol. The second kappa shape index (κ2) is 5.25. The van der Waals surface area contributed by atoms with Gasteiger partial charge in [-0.05, 0) is 44.0 Å². The molecule has 104 valence electrons. The van der Waals surface area contributed by atoms with Crippen LogP contribution in [0.25, 0.3) is 10.9 Å². The third kappa shape index (κ3) is 2.61. The topological polar surface area (TPSA) is 30.9 Å². The molecule has 0 saturated carbocycles. The number of hydrogen-bond acceptors (Lipinski definition) is 1. The van der Waals surface area contributed by atoms with Crippen molar-refractivity contribution in [3.05, 3.63) is 35.5 Å². The van der Waals surface area contributed by atoms with E-state index in [0.717, 1.165) is 11.6 Å². The minimum absolute atomic E-state index is 0.324. The van der Waals surface area contributed by atoms with Crippen LogP contribution >= 0.6 is 0 Å². The van der Waals surface area contributed by atoms with Gasteiger partial charge in [-0.25, -0.2) is 0 Å².